The third-order valence-corrected chi connectivity index (χ3v) is 2.43. The van der Waals surface area contributed by atoms with E-state index < -0.39 is 11.5 Å². The van der Waals surface area contributed by atoms with E-state index >= 15 is 0 Å². The van der Waals surface area contributed by atoms with Crippen molar-refractivity contribution in [2.24, 2.45) is 0 Å². The number of aliphatic carboxylic acids is 1. The van der Waals surface area contributed by atoms with E-state index in [1.807, 2.05) is 11.9 Å². The minimum atomic E-state index is -1.07. The molecule has 0 saturated carbocycles. The Hall–Kier alpha value is -1.10. The zero-order chi connectivity index (χ0) is 9.90. The van der Waals surface area contributed by atoms with Gasteiger partial charge in [0, 0.05) is 6.54 Å². The lowest BCUT2D eigenvalue weighted by atomic mass is 9.89. The number of likely N-dealkylation sites (tertiary alicyclic amines) is 1. The molecule has 5 nitrogen and oxygen atoms in total. The maximum atomic E-state index is 11.0. The van der Waals surface area contributed by atoms with Gasteiger partial charge in [-0.2, -0.15) is 0 Å². The van der Waals surface area contributed by atoms with Crippen LogP contribution in [0.3, 0.4) is 0 Å². The molecule has 13 heavy (non-hydrogen) atoms. The highest BCUT2D eigenvalue weighted by molar-refractivity contribution is 5.82. The number of amides is 1. The van der Waals surface area contributed by atoms with Crippen LogP contribution < -0.4 is 5.32 Å². The maximum absolute atomic E-state index is 11.0. The highest BCUT2D eigenvalue weighted by atomic mass is 16.4. The second-order valence-electron chi connectivity index (χ2n) is 3.49. The first kappa shape index (κ1) is 9.98. The summed E-state index contributed by atoms with van der Waals surface area (Å²) in [5.41, 5.74) is -1.07. The summed E-state index contributed by atoms with van der Waals surface area (Å²) in [7, 11) is 1.85. The number of carbonyl (C=O) groups excluding carboxylic acids is 1. The largest absolute Gasteiger partial charge is 0.479 e. The molecule has 0 spiro atoms. The van der Waals surface area contributed by atoms with Crippen LogP contribution in [-0.4, -0.2) is 48.1 Å². The number of rotatable bonds is 3. The van der Waals surface area contributed by atoms with Crippen LogP contribution in [0.1, 0.15) is 12.8 Å². The summed E-state index contributed by atoms with van der Waals surface area (Å²) in [5.74, 6) is -0.953. The Labute approximate surface area is 76.7 Å². The number of piperidine rings is 1. The van der Waals surface area contributed by atoms with Gasteiger partial charge in [0.1, 0.15) is 0 Å². The van der Waals surface area contributed by atoms with Crippen LogP contribution >= 0.6 is 0 Å². The SMILES string of the molecule is CN1CCCC(NC=O)(C(=O)O)C1. The summed E-state index contributed by atoms with van der Waals surface area (Å²) in [4.78, 5) is 23.2. The zero-order valence-electron chi connectivity index (χ0n) is 7.62. The predicted molar refractivity (Wildman–Crippen MR) is 46.3 cm³/mol. The highest BCUT2D eigenvalue weighted by Gasteiger charge is 2.41. The van der Waals surface area contributed by atoms with Crippen LogP contribution in [0.15, 0.2) is 0 Å². The first-order valence-electron chi connectivity index (χ1n) is 4.24. The van der Waals surface area contributed by atoms with Crippen molar-refractivity contribution in [2.75, 3.05) is 20.1 Å². The van der Waals surface area contributed by atoms with Gasteiger partial charge in [0.15, 0.2) is 5.54 Å². The minimum absolute atomic E-state index is 0.376. The third-order valence-electron chi connectivity index (χ3n) is 2.43. The van der Waals surface area contributed by atoms with E-state index in [-0.39, 0.29) is 0 Å². The van der Waals surface area contributed by atoms with Crippen LogP contribution in [0, 0.1) is 0 Å². The maximum Gasteiger partial charge on any atom is 0.330 e. The van der Waals surface area contributed by atoms with Crippen molar-refractivity contribution in [1.82, 2.24) is 10.2 Å². The molecule has 1 aliphatic heterocycles. The van der Waals surface area contributed by atoms with Crippen molar-refractivity contribution in [3.63, 3.8) is 0 Å². The number of carboxylic acids is 1. The van der Waals surface area contributed by atoms with Crippen molar-refractivity contribution < 1.29 is 14.7 Å². The van der Waals surface area contributed by atoms with Gasteiger partial charge in [-0.05, 0) is 26.4 Å². The molecule has 1 saturated heterocycles. The number of likely N-dealkylation sites (N-methyl/N-ethyl adjacent to an activating group) is 1. The molecule has 0 bridgehead atoms. The number of carboxylic acid groups (broad SMARTS) is 1. The van der Waals surface area contributed by atoms with E-state index in [0.717, 1.165) is 13.0 Å². The van der Waals surface area contributed by atoms with Gasteiger partial charge in [-0.15, -0.1) is 0 Å². The molecule has 0 aliphatic carbocycles. The molecule has 0 aromatic heterocycles. The van der Waals surface area contributed by atoms with Crippen molar-refractivity contribution in [2.45, 2.75) is 18.4 Å². The highest BCUT2D eigenvalue weighted by Crippen LogP contribution is 2.19. The Morgan fingerprint density at radius 2 is 2.38 bits per heavy atom. The molecule has 0 aromatic carbocycles. The molecule has 1 unspecified atom stereocenters. The summed E-state index contributed by atoms with van der Waals surface area (Å²) >= 11 is 0. The first-order valence-corrected chi connectivity index (χ1v) is 4.24. The molecule has 2 N–H and O–H groups in total. The monoisotopic (exact) mass is 186 g/mol. The van der Waals surface area contributed by atoms with Crippen LogP contribution in [-0.2, 0) is 9.59 Å². The Morgan fingerprint density at radius 3 is 2.85 bits per heavy atom. The quantitative estimate of drug-likeness (QED) is 0.571. The topological polar surface area (TPSA) is 69.6 Å². The smallest absolute Gasteiger partial charge is 0.330 e. The number of carbonyl (C=O) groups is 2. The van der Waals surface area contributed by atoms with E-state index in [1.54, 1.807) is 0 Å². The van der Waals surface area contributed by atoms with Gasteiger partial charge in [-0.1, -0.05) is 0 Å². The van der Waals surface area contributed by atoms with E-state index in [9.17, 15) is 9.59 Å². The molecule has 1 fully saturated rings. The van der Waals surface area contributed by atoms with Gasteiger partial charge < -0.3 is 15.3 Å². The van der Waals surface area contributed by atoms with Gasteiger partial charge in [0.05, 0.1) is 0 Å². The number of nitrogens with zero attached hydrogens (tertiary/aromatic N) is 1. The average molecular weight is 186 g/mol. The second-order valence-corrected chi connectivity index (χ2v) is 3.49. The number of hydrogen-bond donors (Lipinski definition) is 2. The Morgan fingerprint density at radius 1 is 1.69 bits per heavy atom. The molecule has 1 heterocycles. The fourth-order valence-electron chi connectivity index (χ4n) is 1.74. The summed E-state index contributed by atoms with van der Waals surface area (Å²) < 4.78 is 0. The minimum Gasteiger partial charge on any atom is -0.479 e. The molecule has 0 aromatic rings. The lowest BCUT2D eigenvalue weighted by Crippen LogP contribution is -2.60. The molecular weight excluding hydrogens is 172 g/mol. The van der Waals surface area contributed by atoms with Gasteiger partial charge in [0.2, 0.25) is 6.41 Å². The number of nitrogens with one attached hydrogen (secondary N) is 1. The van der Waals surface area contributed by atoms with Crippen LogP contribution in [0.4, 0.5) is 0 Å². The lowest BCUT2D eigenvalue weighted by molar-refractivity contribution is -0.148. The van der Waals surface area contributed by atoms with Crippen molar-refractivity contribution >= 4 is 12.4 Å². The standard InChI is InChI=1S/C8H14N2O3/c1-10-4-2-3-8(5-10,7(12)13)9-6-11/h6H,2-5H2,1H3,(H,9,11)(H,12,13). The molecule has 74 valence electrons. The molecule has 1 rings (SSSR count). The van der Waals surface area contributed by atoms with Gasteiger partial charge in [-0.25, -0.2) is 4.79 Å². The van der Waals surface area contributed by atoms with Gasteiger partial charge in [0.25, 0.3) is 0 Å². The van der Waals surface area contributed by atoms with Gasteiger partial charge >= 0.3 is 5.97 Å². The molecule has 5 heteroatoms. The first-order chi connectivity index (χ1) is 6.10. The Bertz CT molecular complexity index is 219. The fourth-order valence-corrected chi connectivity index (χ4v) is 1.74. The van der Waals surface area contributed by atoms with Crippen molar-refractivity contribution in [3.8, 4) is 0 Å². The summed E-state index contributed by atoms with van der Waals surface area (Å²) in [6.07, 6.45) is 1.77. The average Bonchev–Trinajstić information content (AvgIpc) is 2.04. The number of hydrogen-bond acceptors (Lipinski definition) is 3. The Balaban J connectivity index is 2.76. The fraction of sp³-hybridized carbons (Fsp3) is 0.750. The predicted octanol–water partition coefficient (Wildman–Crippen LogP) is -0.719. The molecule has 1 atom stereocenters. The normalized spacial score (nSPS) is 29.6. The Kier molecular flexibility index (Phi) is 2.87. The van der Waals surface area contributed by atoms with E-state index in [0.29, 0.717) is 19.4 Å². The van der Waals surface area contributed by atoms with E-state index in [4.69, 9.17) is 5.11 Å². The molecule has 1 aliphatic rings. The van der Waals surface area contributed by atoms with E-state index in [2.05, 4.69) is 5.32 Å². The van der Waals surface area contributed by atoms with Gasteiger partial charge in [-0.3, -0.25) is 4.79 Å². The zero-order valence-corrected chi connectivity index (χ0v) is 7.62. The molecular formula is C8H14N2O3. The van der Waals surface area contributed by atoms with Crippen LogP contribution in [0.25, 0.3) is 0 Å². The van der Waals surface area contributed by atoms with Crippen LogP contribution in [0.2, 0.25) is 0 Å². The third kappa shape index (κ3) is 1.98. The molecule has 1 amide bonds. The van der Waals surface area contributed by atoms with Crippen LogP contribution in [0.5, 0.6) is 0 Å². The molecule has 0 radical (unpaired) electrons. The summed E-state index contributed by atoms with van der Waals surface area (Å²) in [6, 6.07) is 0. The van der Waals surface area contributed by atoms with E-state index in [1.165, 1.54) is 0 Å². The second kappa shape index (κ2) is 3.74. The lowest BCUT2D eigenvalue weighted by Gasteiger charge is -2.37. The van der Waals surface area contributed by atoms with Crippen molar-refractivity contribution in [3.05, 3.63) is 0 Å². The summed E-state index contributed by atoms with van der Waals surface area (Å²) in [6.45, 7) is 1.26. The summed E-state index contributed by atoms with van der Waals surface area (Å²) in [5, 5.41) is 11.4. The van der Waals surface area contributed by atoms with Crippen molar-refractivity contribution in [1.29, 1.82) is 0 Å².